The van der Waals surface area contributed by atoms with Crippen molar-refractivity contribution in [3.63, 3.8) is 0 Å². The number of ether oxygens (including phenoxy) is 1. The summed E-state index contributed by atoms with van der Waals surface area (Å²) in [6.07, 6.45) is 4.45. The fourth-order valence-corrected chi connectivity index (χ4v) is 2.15. The number of nitrogens with zero attached hydrogens (tertiary/aromatic N) is 1. The molecule has 1 amide bonds. The third kappa shape index (κ3) is 3.19. The van der Waals surface area contributed by atoms with E-state index in [4.69, 9.17) is 16.3 Å². The molecule has 6 nitrogen and oxygen atoms in total. The predicted molar refractivity (Wildman–Crippen MR) is 70.3 cm³/mol. The number of terminal acetylenes is 1. The fraction of sp³-hybridized carbons (Fsp3) is 0.250. The smallest absolute Gasteiger partial charge is 0.412 e. The topological polar surface area (TPSA) is 83.9 Å². The summed E-state index contributed by atoms with van der Waals surface area (Å²) < 4.78 is 41.7. The molecule has 0 spiro atoms. The van der Waals surface area contributed by atoms with Crippen LogP contribution in [-0.2, 0) is 9.84 Å². The second-order valence-corrected chi connectivity index (χ2v) is 5.82. The zero-order valence-electron chi connectivity index (χ0n) is 10.8. The van der Waals surface area contributed by atoms with Crippen LogP contribution in [0.25, 0.3) is 0 Å². The maximum atomic E-state index is 14.0. The van der Waals surface area contributed by atoms with Gasteiger partial charge in [0.2, 0.25) is 0 Å². The monoisotopic (exact) mass is 301 g/mol. The van der Waals surface area contributed by atoms with Crippen molar-refractivity contribution >= 4 is 21.6 Å². The Morgan fingerprint density at radius 2 is 2.15 bits per heavy atom. The van der Waals surface area contributed by atoms with Crippen LogP contribution in [0.4, 0.5) is 14.9 Å². The summed E-state index contributed by atoms with van der Waals surface area (Å²) in [6, 6.07) is 1.76. The number of hydrogen-bond donors (Lipinski definition) is 1. The Bertz CT molecular complexity index is 678. The molecule has 8 heteroatoms. The standard InChI is InChI=1S/C12H12FNO5S/c1-4-5-14(12(15)16)11-9(13)6-8(20(3,17)18)7-10(11)19-2/h1,6-7H,5H2,2-3H3,(H,15,16). The molecule has 0 aliphatic heterocycles. The van der Waals surface area contributed by atoms with Crippen LogP contribution in [0, 0.1) is 18.2 Å². The quantitative estimate of drug-likeness (QED) is 0.849. The molecule has 0 aliphatic rings. The minimum atomic E-state index is -3.66. The Labute approximate surface area is 115 Å². The maximum Gasteiger partial charge on any atom is 0.412 e. The summed E-state index contributed by atoms with van der Waals surface area (Å²) in [5, 5.41) is 9.02. The first-order valence-electron chi connectivity index (χ1n) is 5.24. The summed E-state index contributed by atoms with van der Waals surface area (Å²) in [4.78, 5) is 11.3. The number of carbonyl (C=O) groups is 1. The Balaban J connectivity index is 3.56. The van der Waals surface area contributed by atoms with Gasteiger partial charge in [-0.1, -0.05) is 5.92 Å². The number of sulfone groups is 1. The molecule has 0 aliphatic carbocycles. The maximum absolute atomic E-state index is 14.0. The Hall–Kier alpha value is -2.27. The van der Waals surface area contributed by atoms with Gasteiger partial charge in [0.25, 0.3) is 0 Å². The molecule has 108 valence electrons. The number of rotatable bonds is 4. The van der Waals surface area contributed by atoms with Gasteiger partial charge >= 0.3 is 6.09 Å². The molecule has 1 rings (SSSR count). The summed E-state index contributed by atoms with van der Waals surface area (Å²) in [6.45, 7) is -0.402. The van der Waals surface area contributed by atoms with Crippen molar-refractivity contribution in [2.24, 2.45) is 0 Å². The average molecular weight is 301 g/mol. The third-order valence-corrected chi connectivity index (χ3v) is 3.49. The summed E-state index contributed by atoms with van der Waals surface area (Å²) in [5.41, 5.74) is -0.426. The van der Waals surface area contributed by atoms with E-state index in [0.717, 1.165) is 18.4 Å². The van der Waals surface area contributed by atoms with Crippen molar-refractivity contribution in [1.29, 1.82) is 0 Å². The summed E-state index contributed by atoms with van der Waals surface area (Å²) in [7, 11) is -2.49. The van der Waals surface area contributed by atoms with Crippen molar-refractivity contribution in [3.05, 3.63) is 17.9 Å². The van der Waals surface area contributed by atoms with E-state index < -0.39 is 34.0 Å². The highest BCUT2D eigenvalue weighted by Crippen LogP contribution is 2.34. The van der Waals surface area contributed by atoms with Crippen LogP contribution in [0.5, 0.6) is 5.75 Å². The van der Waals surface area contributed by atoms with Crippen molar-refractivity contribution < 1.29 is 27.4 Å². The van der Waals surface area contributed by atoms with Crippen molar-refractivity contribution in [1.82, 2.24) is 0 Å². The summed E-state index contributed by atoms with van der Waals surface area (Å²) in [5.74, 6) is 0.789. The third-order valence-electron chi connectivity index (χ3n) is 2.40. The summed E-state index contributed by atoms with van der Waals surface area (Å²) >= 11 is 0. The SMILES string of the molecule is C#CCN(C(=O)O)c1c(F)cc(S(C)(=O)=O)cc1OC. The number of hydrogen-bond acceptors (Lipinski definition) is 4. The van der Waals surface area contributed by atoms with Gasteiger partial charge in [-0.15, -0.1) is 6.42 Å². The number of amides is 1. The number of anilines is 1. The second kappa shape index (κ2) is 5.79. The van der Waals surface area contributed by atoms with E-state index in [1.165, 1.54) is 7.11 Å². The van der Waals surface area contributed by atoms with Gasteiger partial charge in [0, 0.05) is 12.3 Å². The first-order chi connectivity index (χ1) is 9.22. The molecule has 0 unspecified atom stereocenters. The highest BCUT2D eigenvalue weighted by molar-refractivity contribution is 7.90. The second-order valence-electron chi connectivity index (χ2n) is 3.80. The van der Waals surface area contributed by atoms with Gasteiger partial charge < -0.3 is 9.84 Å². The normalized spacial score (nSPS) is 10.7. The molecule has 1 N–H and O–H groups in total. The lowest BCUT2D eigenvalue weighted by molar-refractivity contribution is 0.202. The molecule has 1 aromatic rings. The Kier molecular flexibility index (Phi) is 4.57. The molecule has 0 saturated carbocycles. The Morgan fingerprint density at radius 3 is 2.55 bits per heavy atom. The first-order valence-corrected chi connectivity index (χ1v) is 7.13. The van der Waals surface area contributed by atoms with Gasteiger partial charge in [-0.05, 0) is 6.07 Å². The molecule has 0 heterocycles. The minimum absolute atomic E-state index is 0.233. The van der Waals surface area contributed by atoms with Gasteiger partial charge in [-0.25, -0.2) is 17.6 Å². The van der Waals surface area contributed by atoms with E-state index in [1.54, 1.807) is 0 Å². The molecule has 0 aromatic heterocycles. The van der Waals surface area contributed by atoms with Crippen LogP contribution in [0.15, 0.2) is 17.0 Å². The van der Waals surface area contributed by atoms with Crippen LogP contribution < -0.4 is 9.64 Å². The average Bonchev–Trinajstić information content (AvgIpc) is 2.34. The van der Waals surface area contributed by atoms with Crippen molar-refractivity contribution in [3.8, 4) is 18.1 Å². The largest absolute Gasteiger partial charge is 0.494 e. The van der Waals surface area contributed by atoms with Crippen molar-refractivity contribution in [2.45, 2.75) is 4.90 Å². The van der Waals surface area contributed by atoms with E-state index in [2.05, 4.69) is 5.92 Å². The van der Waals surface area contributed by atoms with E-state index in [1.807, 2.05) is 0 Å². The van der Waals surface area contributed by atoms with Crippen LogP contribution in [0.3, 0.4) is 0 Å². The van der Waals surface area contributed by atoms with Crippen LogP contribution in [-0.4, -0.2) is 39.5 Å². The molecule has 20 heavy (non-hydrogen) atoms. The number of benzene rings is 1. The molecular formula is C12H12FNO5S. The zero-order valence-corrected chi connectivity index (χ0v) is 11.6. The fourth-order valence-electron chi connectivity index (χ4n) is 1.52. The van der Waals surface area contributed by atoms with Gasteiger partial charge in [0.1, 0.15) is 11.4 Å². The number of halogens is 1. The van der Waals surface area contributed by atoms with Crippen molar-refractivity contribution in [2.75, 3.05) is 24.8 Å². The lowest BCUT2D eigenvalue weighted by Crippen LogP contribution is -2.30. The molecule has 0 atom stereocenters. The lowest BCUT2D eigenvalue weighted by Gasteiger charge is -2.20. The number of methoxy groups -OCH3 is 1. The molecule has 1 aromatic carbocycles. The minimum Gasteiger partial charge on any atom is -0.494 e. The van der Waals surface area contributed by atoms with E-state index in [9.17, 15) is 17.6 Å². The van der Waals surface area contributed by atoms with E-state index in [0.29, 0.717) is 4.90 Å². The van der Waals surface area contributed by atoms with Gasteiger partial charge in [-0.2, -0.15) is 0 Å². The van der Waals surface area contributed by atoms with Gasteiger partial charge in [-0.3, -0.25) is 4.90 Å². The molecule has 0 fully saturated rings. The van der Waals surface area contributed by atoms with Gasteiger partial charge in [0.15, 0.2) is 15.7 Å². The molecular weight excluding hydrogens is 289 g/mol. The first kappa shape index (κ1) is 15.8. The zero-order chi connectivity index (χ0) is 15.5. The molecule has 0 bridgehead atoms. The van der Waals surface area contributed by atoms with E-state index in [-0.39, 0.29) is 10.6 Å². The highest BCUT2D eigenvalue weighted by atomic mass is 32.2. The molecule has 0 saturated heterocycles. The lowest BCUT2D eigenvalue weighted by atomic mass is 10.2. The van der Waals surface area contributed by atoms with Gasteiger partial charge in [0.05, 0.1) is 18.6 Å². The Morgan fingerprint density at radius 1 is 1.55 bits per heavy atom. The van der Waals surface area contributed by atoms with Crippen LogP contribution in [0.1, 0.15) is 0 Å². The predicted octanol–water partition coefficient (Wildman–Crippen LogP) is 1.36. The van der Waals surface area contributed by atoms with Crippen LogP contribution in [0.2, 0.25) is 0 Å². The molecule has 0 radical (unpaired) electrons. The van der Waals surface area contributed by atoms with Crippen LogP contribution >= 0.6 is 0 Å². The highest BCUT2D eigenvalue weighted by Gasteiger charge is 2.24. The van der Waals surface area contributed by atoms with E-state index >= 15 is 0 Å². The number of carboxylic acid groups (broad SMARTS) is 1.